The summed E-state index contributed by atoms with van der Waals surface area (Å²) in [5.74, 6) is -1.20. The lowest BCUT2D eigenvalue weighted by atomic mass is 9.99. The van der Waals surface area contributed by atoms with Gasteiger partial charge in [0.1, 0.15) is 5.76 Å². The van der Waals surface area contributed by atoms with Crippen LogP contribution in [0.25, 0.3) is 0 Å². The summed E-state index contributed by atoms with van der Waals surface area (Å²) in [7, 11) is -2.34. The summed E-state index contributed by atoms with van der Waals surface area (Å²) in [6.07, 6.45) is -4.24. The number of nitrogens with zero attached hydrogens (tertiary/aromatic N) is 1. The summed E-state index contributed by atoms with van der Waals surface area (Å²) >= 11 is 0. The lowest BCUT2D eigenvalue weighted by Crippen LogP contribution is -2.44. The highest BCUT2D eigenvalue weighted by Crippen LogP contribution is 2.35. The van der Waals surface area contributed by atoms with Crippen LogP contribution in [0.1, 0.15) is 18.6 Å². The number of alkyl halides is 3. The zero-order chi connectivity index (χ0) is 15.7. The molecule has 1 atom stereocenters. The van der Waals surface area contributed by atoms with Crippen LogP contribution in [-0.4, -0.2) is 39.0 Å². The lowest BCUT2D eigenvalue weighted by molar-refractivity contribution is -0.182. The van der Waals surface area contributed by atoms with E-state index in [9.17, 15) is 21.6 Å². The first-order valence-corrected chi connectivity index (χ1v) is 7.99. The number of nitrogens with one attached hydrogen (secondary N) is 1. The van der Waals surface area contributed by atoms with E-state index in [-0.39, 0.29) is 24.5 Å². The van der Waals surface area contributed by atoms with Gasteiger partial charge in [0.15, 0.2) is 0 Å². The fourth-order valence-corrected chi connectivity index (χ4v) is 3.77. The molecule has 0 spiro atoms. The molecule has 0 saturated carbocycles. The van der Waals surface area contributed by atoms with Crippen LogP contribution in [0.5, 0.6) is 0 Å². The summed E-state index contributed by atoms with van der Waals surface area (Å²) < 4.78 is 69.0. The molecule has 1 saturated heterocycles. The second-order valence-corrected chi connectivity index (χ2v) is 6.86. The first-order chi connectivity index (χ1) is 9.75. The number of hydrogen-bond acceptors (Lipinski definition) is 4. The lowest BCUT2D eigenvalue weighted by Gasteiger charge is -2.32. The van der Waals surface area contributed by atoms with E-state index < -0.39 is 28.7 Å². The van der Waals surface area contributed by atoms with Gasteiger partial charge in [-0.15, -0.1) is 0 Å². The van der Waals surface area contributed by atoms with Crippen LogP contribution in [0.4, 0.5) is 13.2 Å². The van der Waals surface area contributed by atoms with Crippen molar-refractivity contribution in [2.24, 2.45) is 5.92 Å². The predicted molar refractivity (Wildman–Crippen MR) is 69.0 cm³/mol. The van der Waals surface area contributed by atoms with Crippen LogP contribution >= 0.6 is 0 Å². The molecule has 0 amide bonds. The fourth-order valence-electron chi connectivity index (χ4n) is 2.32. The molecule has 5 nitrogen and oxygen atoms in total. The molecular formula is C12H17F3N2O3S. The van der Waals surface area contributed by atoms with Crippen molar-refractivity contribution >= 4 is 10.0 Å². The molecule has 1 aliphatic heterocycles. The highest BCUT2D eigenvalue weighted by Gasteiger charge is 2.44. The van der Waals surface area contributed by atoms with Gasteiger partial charge in [0.05, 0.1) is 12.5 Å². The molecule has 120 valence electrons. The van der Waals surface area contributed by atoms with Gasteiger partial charge >= 0.3 is 6.18 Å². The van der Waals surface area contributed by atoms with Gasteiger partial charge in [-0.05, 0) is 32.0 Å². The van der Waals surface area contributed by atoms with Crippen molar-refractivity contribution in [3.63, 3.8) is 0 Å². The SMILES string of the molecule is CNCc1ccc(S(=O)(=O)N2CCCC(C(F)(F)F)C2)o1. The number of rotatable bonds is 4. The Bertz CT molecular complexity index is 583. The van der Waals surface area contributed by atoms with E-state index in [1.54, 1.807) is 7.05 Å². The Balaban J connectivity index is 2.18. The minimum atomic E-state index is -4.38. The molecule has 9 heteroatoms. The van der Waals surface area contributed by atoms with E-state index in [1.165, 1.54) is 12.1 Å². The van der Waals surface area contributed by atoms with E-state index >= 15 is 0 Å². The van der Waals surface area contributed by atoms with Crippen molar-refractivity contribution in [1.29, 1.82) is 0 Å². The molecule has 1 N–H and O–H groups in total. The maximum Gasteiger partial charge on any atom is 0.393 e. The van der Waals surface area contributed by atoms with Crippen molar-refractivity contribution < 1.29 is 26.0 Å². The zero-order valence-corrected chi connectivity index (χ0v) is 12.3. The van der Waals surface area contributed by atoms with Crippen LogP contribution in [0.3, 0.4) is 0 Å². The van der Waals surface area contributed by atoms with Crippen LogP contribution in [0.15, 0.2) is 21.6 Å². The van der Waals surface area contributed by atoms with Crippen LogP contribution < -0.4 is 5.32 Å². The number of halogens is 3. The smallest absolute Gasteiger partial charge is 0.393 e. The van der Waals surface area contributed by atoms with Gasteiger partial charge in [0, 0.05) is 13.1 Å². The van der Waals surface area contributed by atoms with E-state index in [4.69, 9.17) is 4.42 Å². The molecule has 0 bridgehead atoms. The second-order valence-electron chi connectivity index (χ2n) is 4.99. The van der Waals surface area contributed by atoms with E-state index in [2.05, 4.69) is 5.32 Å². The number of sulfonamides is 1. The van der Waals surface area contributed by atoms with Crippen molar-refractivity contribution in [2.45, 2.75) is 30.7 Å². The van der Waals surface area contributed by atoms with Crippen molar-refractivity contribution in [1.82, 2.24) is 9.62 Å². The molecule has 1 fully saturated rings. The Kier molecular flexibility index (Phi) is 4.64. The van der Waals surface area contributed by atoms with Gasteiger partial charge in [-0.2, -0.15) is 17.5 Å². The molecule has 0 aliphatic carbocycles. The Labute approximate surface area is 121 Å². The predicted octanol–water partition coefficient (Wildman–Crippen LogP) is 1.96. The quantitative estimate of drug-likeness (QED) is 0.919. The Hall–Kier alpha value is -1.06. The van der Waals surface area contributed by atoms with Crippen LogP contribution in [0.2, 0.25) is 0 Å². The maximum atomic E-state index is 12.8. The van der Waals surface area contributed by atoms with Gasteiger partial charge in [-0.25, -0.2) is 8.42 Å². The second kappa shape index (κ2) is 5.98. The molecule has 0 aromatic carbocycles. The fraction of sp³-hybridized carbons (Fsp3) is 0.667. The third kappa shape index (κ3) is 3.58. The molecule has 1 aromatic rings. The first kappa shape index (κ1) is 16.3. The normalized spacial score (nSPS) is 21.6. The van der Waals surface area contributed by atoms with Crippen molar-refractivity contribution in [3.05, 3.63) is 17.9 Å². The standard InChI is InChI=1S/C12H17F3N2O3S/c1-16-7-10-4-5-11(20-10)21(18,19)17-6-2-3-9(8-17)12(13,14)15/h4-5,9,16H,2-3,6-8H2,1H3. The monoisotopic (exact) mass is 326 g/mol. The first-order valence-electron chi connectivity index (χ1n) is 6.55. The topological polar surface area (TPSA) is 62.6 Å². The van der Waals surface area contributed by atoms with E-state index in [1.807, 2.05) is 0 Å². The average molecular weight is 326 g/mol. The van der Waals surface area contributed by atoms with Gasteiger partial charge in [-0.1, -0.05) is 0 Å². The van der Waals surface area contributed by atoms with E-state index in [0.717, 1.165) is 4.31 Å². The molecule has 0 radical (unpaired) electrons. The highest BCUT2D eigenvalue weighted by molar-refractivity contribution is 7.89. The molecule has 2 heterocycles. The Morgan fingerprint density at radius 1 is 1.43 bits per heavy atom. The zero-order valence-electron chi connectivity index (χ0n) is 11.5. The summed E-state index contributed by atoms with van der Waals surface area (Å²) in [4.78, 5) is 0. The number of piperidine rings is 1. The molecule has 21 heavy (non-hydrogen) atoms. The molecule has 1 aromatic heterocycles. The van der Waals surface area contributed by atoms with Crippen molar-refractivity contribution in [3.8, 4) is 0 Å². The molecular weight excluding hydrogens is 309 g/mol. The largest absolute Gasteiger partial charge is 0.447 e. The minimum absolute atomic E-state index is 0.0430. The molecule has 2 rings (SSSR count). The minimum Gasteiger partial charge on any atom is -0.447 e. The third-order valence-electron chi connectivity index (χ3n) is 3.43. The molecule has 1 aliphatic rings. The Morgan fingerprint density at radius 3 is 2.76 bits per heavy atom. The average Bonchev–Trinajstić information content (AvgIpc) is 2.88. The van der Waals surface area contributed by atoms with Crippen LogP contribution in [0, 0.1) is 5.92 Å². The third-order valence-corrected chi connectivity index (χ3v) is 5.17. The summed E-state index contributed by atoms with van der Waals surface area (Å²) in [5.41, 5.74) is 0. The Morgan fingerprint density at radius 2 is 2.14 bits per heavy atom. The van der Waals surface area contributed by atoms with E-state index in [0.29, 0.717) is 12.3 Å². The maximum absolute atomic E-state index is 12.8. The summed E-state index contributed by atoms with van der Waals surface area (Å²) in [6.45, 7) is -0.119. The van der Waals surface area contributed by atoms with Gasteiger partial charge in [0.2, 0.25) is 5.09 Å². The van der Waals surface area contributed by atoms with Gasteiger partial charge < -0.3 is 9.73 Å². The summed E-state index contributed by atoms with van der Waals surface area (Å²) in [5, 5.41) is 2.49. The van der Waals surface area contributed by atoms with Crippen LogP contribution in [-0.2, 0) is 16.6 Å². The van der Waals surface area contributed by atoms with Gasteiger partial charge in [-0.3, -0.25) is 0 Å². The highest BCUT2D eigenvalue weighted by atomic mass is 32.2. The van der Waals surface area contributed by atoms with Gasteiger partial charge in [0.25, 0.3) is 10.0 Å². The number of furan rings is 1. The molecule has 1 unspecified atom stereocenters. The number of hydrogen-bond donors (Lipinski definition) is 1. The summed E-state index contributed by atoms with van der Waals surface area (Å²) in [6, 6.07) is 2.77. The van der Waals surface area contributed by atoms with Crippen molar-refractivity contribution in [2.75, 3.05) is 20.1 Å².